The number of nitrogens with one attached hydrogen (secondary N) is 1. The minimum absolute atomic E-state index is 0. The van der Waals surface area contributed by atoms with E-state index in [9.17, 15) is 9.18 Å². The largest absolute Gasteiger partial charge is 0.353 e. The molecule has 1 rings (SSSR count). The molecule has 7 heteroatoms. The van der Waals surface area contributed by atoms with E-state index in [0.717, 1.165) is 5.56 Å². The van der Waals surface area contributed by atoms with Crippen molar-refractivity contribution in [3.8, 4) is 0 Å². The zero-order valence-corrected chi connectivity index (χ0v) is 14.4. The lowest BCUT2D eigenvalue weighted by atomic mass is 10.0. The van der Waals surface area contributed by atoms with Gasteiger partial charge in [0.15, 0.2) is 0 Å². The minimum atomic E-state index is -0.918. The first-order valence-corrected chi connectivity index (χ1v) is 6.21. The summed E-state index contributed by atoms with van der Waals surface area (Å²) < 4.78 is 13.3. The van der Waals surface area contributed by atoms with Crippen molar-refractivity contribution in [1.29, 1.82) is 0 Å². The second-order valence-electron chi connectivity index (χ2n) is 5.47. The van der Waals surface area contributed by atoms with Crippen LogP contribution in [0.5, 0.6) is 0 Å². The number of carbonyl (C=O) groups excluding carboxylic acids is 1. The van der Waals surface area contributed by atoms with Crippen LogP contribution in [0.2, 0.25) is 0 Å². The van der Waals surface area contributed by atoms with Crippen molar-refractivity contribution in [3.05, 3.63) is 35.6 Å². The van der Waals surface area contributed by atoms with Gasteiger partial charge >= 0.3 is 0 Å². The maximum absolute atomic E-state index is 13.3. The van der Waals surface area contributed by atoms with E-state index in [1.165, 1.54) is 12.1 Å². The molecule has 0 saturated carbocycles. The van der Waals surface area contributed by atoms with Crippen molar-refractivity contribution in [3.63, 3.8) is 0 Å². The Balaban J connectivity index is 0. The van der Waals surface area contributed by atoms with Gasteiger partial charge in [-0.15, -0.1) is 24.8 Å². The average molecular weight is 340 g/mol. The van der Waals surface area contributed by atoms with Gasteiger partial charge in [0.2, 0.25) is 5.91 Å². The summed E-state index contributed by atoms with van der Waals surface area (Å²) in [5.74, 6) is -0.509. The highest BCUT2D eigenvalue weighted by Gasteiger charge is 2.23. The van der Waals surface area contributed by atoms with Gasteiger partial charge in [-0.2, -0.15) is 0 Å². The number of nitrogens with two attached hydrogens (primary N) is 1. The smallest absolute Gasteiger partial charge is 0.239 e. The summed E-state index contributed by atoms with van der Waals surface area (Å²) in [5.41, 5.74) is 5.62. The Morgan fingerprint density at radius 2 is 1.95 bits per heavy atom. The van der Waals surface area contributed by atoms with Gasteiger partial charge in [0.05, 0.1) is 11.6 Å². The van der Waals surface area contributed by atoms with E-state index in [1.54, 1.807) is 19.9 Å². The minimum Gasteiger partial charge on any atom is -0.353 e. The molecule has 0 radical (unpaired) electrons. The third kappa shape index (κ3) is 7.09. The number of hydrogen-bond acceptors (Lipinski definition) is 3. The Hall–Kier alpha value is -0.880. The summed E-state index contributed by atoms with van der Waals surface area (Å²) in [4.78, 5) is 13.7. The van der Waals surface area contributed by atoms with Crippen molar-refractivity contribution in [2.24, 2.45) is 5.73 Å². The topological polar surface area (TPSA) is 58.4 Å². The van der Waals surface area contributed by atoms with Gasteiger partial charge in [-0.25, -0.2) is 4.39 Å². The Labute approximate surface area is 138 Å². The molecular weight excluding hydrogens is 316 g/mol. The maximum atomic E-state index is 13.3. The van der Waals surface area contributed by atoms with Crippen LogP contribution in [-0.4, -0.2) is 37.0 Å². The van der Waals surface area contributed by atoms with Crippen LogP contribution in [0.4, 0.5) is 4.39 Å². The van der Waals surface area contributed by atoms with Gasteiger partial charge < -0.3 is 16.0 Å². The highest BCUT2D eigenvalue weighted by Crippen LogP contribution is 2.18. The van der Waals surface area contributed by atoms with E-state index < -0.39 is 5.54 Å². The van der Waals surface area contributed by atoms with E-state index in [4.69, 9.17) is 5.73 Å². The molecule has 0 saturated heterocycles. The van der Waals surface area contributed by atoms with Crippen LogP contribution in [0.1, 0.15) is 25.5 Å². The third-order valence-electron chi connectivity index (χ3n) is 2.90. The lowest BCUT2D eigenvalue weighted by Crippen LogP contribution is -2.50. The van der Waals surface area contributed by atoms with Gasteiger partial charge in [0.1, 0.15) is 5.82 Å². The Morgan fingerprint density at radius 1 is 1.38 bits per heavy atom. The fraction of sp³-hybridized carbons (Fsp3) is 0.500. The van der Waals surface area contributed by atoms with Gasteiger partial charge in [-0.3, -0.25) is 4.79 Å². The van der Waals surface area contributed by atoms with Crippen molar-refractivity contribution in [2.45, 2.75) is 25.4 Å². The fourth-order valence-electron chi connectivity index (χ4n) is 1.73. The molecule has 0 aliphatic rings. The molecule has 3 N–H and O–H groups in total. The zero-order valence-electron chi connectivity index (χ0n) is 12.7. The van der Waals surface area contributed by atoms with Crippen LogP contribution >= 0.6 is 24.8 Å². The van der Waals surface area contributed by atoms with Crippen LogP contribution in [0.15, 0.2) is 24.3 Å². The SMILES string of the molecule is CN(C)C(CNC(=O)C(C)(C)N)c1cccc(F)c1.Cl.Cl. The summed E-state index contributed by atoms with van der Waals surface area (Å²) in [6, 6.07) is 6.29. The maximum Gasteiger partial charge on any atom is 0.239 e. The number of benzene rings is 1. The summed E-state index contributed by atoms with van der Waals surface area (Å²) in [7, 11) is 3.77. The number of halogens is 3. The first-order valence-electron chi connectivity index (χ1n) is 6.21. The molecule has 0 bridgehead atoms. The molecule has 4 nitrogen and oxygen atoms in total. The van der Waals surface area contributed by atoms with Gasteiger partial charge in [0, 0.05) is 6.54 Å². The monoisotopic (exact) mass is 339 g/mol. The van der Waals surface area contributed by atoms with Crippen molar-refractivity contribution in [2.75, 3.05) is 20.6 Å². The van der Waals surface area contributed by atoms with Gasteiger partial charge in [-0.05, 0) is 45.6 Å². The van der Waals surface area contributed by atoms with Crippen molar-refractivity contribution < 1.29 is 9.18 Å². The summed E-state index contributed by atoms with van der Waals surface area (Å²) in [6.07, 6.45) is 0. The number of likely N-dealkylation sites (N-methyl/N-ethyl adjacent to an activating group) is 1. The average Bonchev–Trinajstić information content (AvgIpc) is 2.27. The predicted octanol–water partition coefficient (Wildman–Crippen LogP) is 2.13. The molecule has 0 aliphatic carbocycles. The second-order valence-corrected chi connectivity index (χ2v) is 5.47. The van der Waals surface area contributed by atoms with Crippen LogP contribution in [0, 0.1) is 5.82 Å². The number of hydrogen-bond donors (Lipinski definition) is 2. The number of amides is 1. The van der Waals surface area contributed by atoms with E-state index in [1.807, 2.05) is 25.1 Å². The van der Waals surface area contributed by atoms with E-state index in [0.29, 0.717) is 6.54 Å². The summed E-state index contributed by atoms with van der Waals surface area (Å²) in [5, 5.41) is 2.79. The Morgan fingerprint density at radius 3 is 2.38 bits per heavy atom. The molecule has 1 aromatic rings. The van der Waals surface area contributed by atoms with Crippen LogP contribution < -0.4 is 11.1 Å². The van der Waals surface area contributed by atoms with Crippen molar-refractivity contribution >= 4 is 30.7 Å². The lowest BCUT2D eigenvalue weighted by Gasteiger charge is -2.27. The van der Waals surface area contributed by atoms with Crippen molar-refractivity contribution in [1.82, 2.24) is 10.2 Å². The molecule has 0 heterocycles. The normalized spacial score (nSPS) is 12.1. The lowest BCUT2D eigenvalue weighted by molar-refractivity contribution is -0.125. The van der Waals surface area contributed by atoms with Gasteiger partial charge in [-0.1, -0.05) is 12.1 Å². The van der Waals surface area contributed by atoms with Crippen LogP contribution in [0.3, 0.4) is 0 Å². The van der Waals surface area contributed by atoms with Crippen LogP contribution in [0.25, 0.3) is 0 Å². The molecule has 0 aromatic heterocycles. The fourth-order valence-corrected chi connectivity index (χ4v) is 1.73. The van der Waals surface area contributed by atoms with E-state index in [-0.39, 0.29) is 42.6 Å². The highest BCUT2D eigenvalue weighted by atomic mass is 35.5. The molecule has 1 aromatic carbocycles. The number of rotatable bonds is 5. The first kappa shape index (κ1) is 22.4. The van der Waals surface area contributed by atoms with E-state index in [2.05, 4.69) is 5.32 Å². The molecular formula is C14H24Cl2FN3O. The molecule has 0 aliphatic heterocycles. The van der Waals surface area contributed by atoms with Gasteiger partial charge in [0.25, 0.3) is 0 Å². The zero-order chi connectivity index (χ0) is 14.6. The predicted molar refractivity (Wildman–Crippen MR) is 88.6 cm³/mol. The molecule has 0 spiro atoms. The molecule has 1 unspecified atom stereocenters. The second kappa shape index (κ2) is 9.20. The molecule has 122 valence electrons. The molecule has 1 atom stereocenters. The molecule has 0 fully saturated rings. The summed E-state index contributed by atoms with van der Waals surface area (Å²) in [6.45, 7) is 3.68. The Kier molecular flexibility index (Phi) is 9.82. The molecule has 21 heavy (non-hydrogen) atoms. The number of nitrogens with zero attached hydrogens (tertiary/aromatic N) is 1. The highest BCUT2D eigenvalue weighted by molar-refractivity contribution is 5.86. The first-order chi connectivity index (χ1) is 8.71. The standard InChI is InChI=1S/C14H22FN3O.2ClH/c1-14(2,16)13(19)17-9-12(18(3)4)10-6-5-7-11(15)8-10;;/h5-8,12H,9,16H2,1-4H3,(H,17,19);2*1H. The molecule has 1 amide bonds. The number of carbonyl (C=O) groups is 1. The Bertz CT molecular complexity index is 450. The summed E-state index contributed by atoms with van der Waals surface area (Å²) >= 11 is 0. The van der Waals surface area contributed by atoms with E-state index >= 15 is 0 Å². The quantitative estimate of drug-likeness (QED) is 0.863. The third-order valence-corrected chi connectivity index (χ3v) is 2.90. The van der Waals surface area contributed by atoms with Crippen LogP contribution in [-0.2, 0) is 4.79 Å².